The summed E-state index contributed by atoms with van der Waals surface area (Å²) < 4.78 is 11.3. The molecule has 0 aromatic carbocycles. The zero-order chi connectivity index (χ0) is 13.2. The number of hydrogen-bond donors (Lipinski definition) is 1. The van der Waals surface area contributed by atoms with Crippen molar-refractivity contribution < 1.29 is 14.3 Å². The average molecular weight is 293 g/mol. The van der Waals surface area contributed by atoms with Crippen LogP contribution in [0.3, 0.4) is 0 Å². The fraction of sp³-hybridized carbons (Fsp3) is 0.923. The molecule has 0 unspecified atom stereocenters. The van der Waals surface area contributed by atoms with Crippen LogP contribution in [0.5, 0.6) is 0 Å². The van der Waals surface area contributed by atoms with Crippen LogP contribution in [0, 0.1) is 5.92 Å². The molecule has 0 aromatic heterocycles. The van der Waals surface area contributed by atoms with Crippen LogP contribution in [-0.2, 0) is 14.3 Å². The highest BCUT2D eigenvalue weighted by Crippen LogP contribution is 2.29. The average Bonchev–Trinajstić information content (AvgIpc) is 2.38. The van der Waals surface area contributed by atoms with E-state index in [4.69, 9.17) is 15.2 Å². The van der Waals surface area contributed by atoms with E-state index in [1.165, 1.54) is 0 Å². The van der Waals surface area contributed by atoms with Gasteiger partial charge in [-0.1, -0.05) is 13.8 Å². The lowest BCUT2D eigenvalue weighted by molar-refractivity contribution is -0.169. The van der Waals surface area contributed by atoms with Gasteiger partial charge >= 0.3 is 0 Å². The molecule has 2 heterocycles. The molecule has 2 aliphatic heterocycles. The van der Waals surface area contributed by atoms with Crippen molar-refractivity contribution >= 4 is 18.3 Å². The predicted molar refractivity (Wildman–Crippen MR) is 75.4 cm³/mol. The minimum Gasteiger partial charge on any atom is -0.381 e. The van der Waals surface area contributed by atoms with E-state index in [1.807, 2.05) is 18.7 Å². The second-order valence-corrected chi connectivity index (χ2v) is 5.67. The van der Waals surface area contributed by atoms with E-state index in [2.05, 4.69) is 0 Å². The fourth-order valence-corrected chi connectivity index (χ4v) is 2.57. The van der Waals surface area contributed by atoms with Gasteiger partial charge < -0.3 is 20.1 Å². The molecule has 19 heavy (non-hydrogen) atoms. The van der Waals surface area contributed by atoms with Crippen LogP contribution >= 0.6 is 12.4 Å². The Morgan fingerprint density at radius 2 is 1.89 bits per heavy atom. The molecule has 0 aromatic rings. The minimum absolute atomic E-state index is 0. The molecule has 1 spiro atoms. The first-order valence-electron chi connectivity index (χ1n) is 6.80. The number of hydrogen-bond acceptors (Lipinski definition) is 4. The van der Waals surface area contributed by atoms with Gasteiger partial charge in [-0.15, -0.1) is 12.4 Å². The normalized spacial score (nSPS) is 24.1. The summed E-state index contributed by atoms with van der Waals surface area (Å²) in [4.78, 5) is 14.2. The summed E-state index contributed by atoms with van der Waals surface area (Å²) in [6.07, 6.45) is 1.74. The maximum absolute atomic E-state index is 12.3. The minimum atomic E-state index is -0.403. The van der Waals surface area contributed by atoms with Crippen molar-refractivity contribution in [3.05, 3.63) is 0 Å². The Bertz CT molecular complexity index is 301. The van der Waals surface area contributed by atoms with Crippen molar-refractivity contribution in [3.8, 4) is 0 Å². The number of rotatable bonds is 2. The van der Waals surface area contributed by atoms with Gasteiger partial charge in [0.2, 0.25) is 5.91 Å². The highest BCUT2D eigenvalue weighted by atomic mass is 35.5. The maximum Gasteiger partial charge on any atom is 0.239 e. The number of halogens is 1. The first kappa shape index (κ1) is 16.7. The summed E-state index contributed by atoms with van der Waals surface area (Å²) in [5, 5.41) is 0. The second-order valence-electron chi connectivity index (χ2n) is 5.67. The number of ether oxygens (including phenoxy) is 2. The molecule has 2 fully saturated rings. The maximum atomic E-state index is 12.3. The van der Waals surface area contributed by atoms with Crippen LogP contribution in [0.25, 0.3) is 0 Å². The molecule has 0 saturated carbocycles. The van der Waals surface area contributed by atoms with Gasteiger partial charge in [0.15, 0.2) is 0 Å². The van der Waals surface area contributed by atoms with E-state index in [0.29, 0.717) is 19.7 Å². The third-order valence-corrected chi connectivity index (χ3v) is 3.97. The highest BCUT2D eigenvalue weighted by Gasteiger charge is 2.40. The molecule has 0 radical (unpaired) electrons. The molecule has 112 valence electrons. The van der Waals surface area contributed by atoms with Gasteiger partial charge in [-0.3, -0.25) is 4.79 Å². The summed E-state index contributed by atoms with van der Waals surface area (Å²) in [5.41, 5.74) is 5.76. The molecule has 5 nitrogen and oxygen atoms in total. The number of carbonyl (C=O) groups is 1. The molecule has 1 amide bonds. The Balaban J connectivity index is 0.00000180. The highest BCUT2D eigenvalue weighted by molar-refractivity contribution is 5.85. The first-order valence-corrected chi connectivity index (χ1v) is 6.80. The van der Waals surface area contributed by atoms with Crippen molar-refractivity contribution in [1.29, 1.82) is 0 Å². The molecule has 2 saturated heterocycles. The third kappa shape index (κ3) is 3.81. The van der Waals surface area contributed by atoms with E-state index < -0.39 is 6.04 Å². The molecule has 1 atom stereocenters. The smallest absolute Gasteiger partial charge is 0.239 e. The van der Waals surface area contributed by atoms with Gasteiger partial charge in [-0.25, -0.2) is 0 Å². The monoisotopic (exact) mass is 292 g/mol. The standard InChI is InChI=1S/C13H24N2O3.ClH/c1-10(2)11(14)12(16)15-5-8-18-13(9-15)3-6-17-7-4-13;/h10-11H,3-9,14H2,1-2H3;1H/t11-;/m0./s1. The predicted octanol–water partition coefficient (Wildman–Crippen LogP) is 0.800. The second kappa shape index (κ2) is 6.88. The number of nitrogens with two attached hydrogens (primary N) is 1. The lowest BCUT2D eigenvalue weighted by Crippen LogP contribution is -2.59. The Morgan fingerprint density at radius 3 is 2.47 bits per heavy atom. The number of nitrogens with zero attached hydrogens (tertiary/aromatic N) is 1. The molecule has 2 rings (SSSR count). The topological polar surface area (TPSA) is 64.8 Å². The zero-order valence-corrected chi connectivity index (χ0v) is 12.6. The van der Waals surface area contributed by atoms with Gasteiger partial charge in [-0.2, -0.15) is 0 Å². The quantitative estimate of drug-likeness (QED) is 0.818. The Labute approximate surface area is 121 Å². The summed E-state index contributed by atoms with van der Waals surface area (Å²) in [6.45, 7) is 7.32. The molecular weight excluding hydrogens is 268 g/mol. The van der Waals surface area contributed by atoms with Crippen LogP contribution < -0.4 is 5.73 Å². The number of carbonyl (C=O) groups excluding carboxylic acids is 1. The van der Waals surface area contributed by atoms with Crippen LogP contribution in [0.4, 0.5) is 0 Å². The SMILES string of the molecule is CC(C)[C@H](N)C(=O)N1CCOC2(CCOCC2)C1.Cl. The molecule has 0 aliphatic carbocycles. The van der Waals surface area contributed by atoms with Gasteiger partial charge in [-0.05, 0) is 5.92 Å². The van der Waals surface area contributed by atoms with Crippen molar-refractivity contribution in [3.63, 3.8) is 0 Å². The lowest BCUT2D eigenvalue weighted by atomic mass is 9.91. The summed E-state index contributed by atoms with van der Waals surface area (Å²) in [6, 6.07) is -0.403. The van der Waals surface area contributed by atoms with Crippen LogP contribution in [0.1, 0.15) is 26.7 Å². The summed E-state index contributed by atoms with van der Waals surface area (Å²) in [7, 11) is 0. The summed E-state index contributed by atoms with van der Waals surface area (Å²) in [5.74, 6) is 0.227. The van der Waals surface area contributed by atoms with Gasteiger partial charge in [0, 0.05) is 39.1 Å². The third-order valence-electron chi connectivity index (χ3n) is 3.97. The van der Waals surface area contributed by atoms with E-state index in [0.717, 1.165) is 26.1 Å². The molecule has 0 bridgehead atoms. The van der Waals surface area contributed by atoms with Gasteiger partial charge in [0.25, 0.3) is 0 Å². The largest absolute Gasteiger partial charge is 0.381 e. The zero-order valence-electron chi connectivity index (χ0n) is 11.8. The van der Waals surface area contributed by atoms with E-state index in [9.17, 15) is 4.79 Å². The Morgan fingerprint density at radius 1 is 1.26 bits per heavy atom. The lowest BCUT2D eigenvalue weighted by Gasteiger charge is -2.45. The molecule has 6 heteroatoms. The van der Waals surface area contributed by atoms with E-state index in [1.54, 1.807) is 0 Å². The fourth-order valence-electron chi connectivity index (χ4n) is 2.57. The molecule has 2 N–H and O–H groups in total. The number of morpholine rings is 1. The molecular formula is C13H25ClN2O3. The number of amides is 1. The van der Waals surface area contributed by atoms with Crippen LogP contribution in [0.15, 0.2) is 0 Å². The Hall–Kier alpha value is -0.360. The van der Waals surface area contributed by atoms with Crippen molar-refractivity contribution in [2.45, 2.75) is 38.3 Å². The van der Waals surface area contributed by atoms with Crippen molar-refractivity contribution in [2.75, 3.05) is 32.9 Å². The van der Waals surface area contributed by atoms with E-state index in [-0.39, 0.29) is 29.8 Å². The first-order chi connectivity index (χ1) is 8.54. The van der Waals surface area contributed by atoms with Crippen LogP contribution in [0.2, 0.25) is 0 Å². The van der Waals surface area contributed by atoms with E-state index >= 15 is 0 Å². The van der Waals surface area contributed by atoms with Gasteiger partial charge in [0.1, 0.15) is 0 Å². The van der Waals surface area contributed by atoms with Crippen molar-refractivity contribution in [1.82, 2.24) is 4.90 Å². The van der Waals surface area contributed by atoms with Crippen LogP contribution in [-0.4, -0.2) is 55.4 Å². The van der Waals surface area contributed by atoms with Crippen molar-refractivity contribution in [2.24, 2.45) is 11.7 Å². The Kier molecular flexibility index (Phi) is 6.05. The van der Waals surface area contributed by atoms with Gasteiger partial charge in [0.05, 0.1) is 18.2 Å². The molecule has 2 aliphatic rings. The summed E-state index contributed by atoms with van der Waals surface area (Å²) >= 11 is 0.